The number of halogens is 2. The molecule has 1 N–H and O–H groups in total. The molecule has 6 heteroatoms. The summed E-state index contributed by atoms with van der Waals surface area (Å²) in [6.45, 7) is 4.10. The van der Waals surface area contributed by atoms with Crippen LogP contribution in [-0.2, 0) is 11.3 Å². The van der Waals surface area contributed by atoms with Gasteiger partial charge in [0.1, 0.15) is 5.75 Å². The number of benzene rings is 1. The summed E-state index contributed by atoms with van der Waals surface area (Å²) in [4.78, 5) is 13.2. The molecule has 0 bridgehead atoms. The third-order valence-corrected chi connectivity index (χ3v) is 4.46. The first kappa shape index (κ1) is 15.8. The molecular weight excluding hydrogens is 388 g/mol. The van der Waals surface area contributed by atoms with Crippen molar-refractivity contribution in [3.63, 3.8) is 0 Å². The van der Waals surface area contributed by atoms with Crippen LogP contribution in [0.1, 0.15) is 18.9 Å². The van der Waals surface area contributed by atoms with Crippen molar-refractivity contribution >= 4 is 37.8 Å². The van der Waals surface area contributed by atoms with Gasteiger partial charge in [-0.25, -0.2) is 0 Å². The minimum absolute atomic E-state index is 0.205. The second-order valence-corrected chi connectivity index (χ2v) is 6.59. The predicted molar refractivity (Wildman–Crippen MR) is 85.9 cm³/mol. The molecule has 1 atom stereocenters. The van der Waals surface area contributed by atoms with Gasteiger partial charge in [0.25, 0.3) is 0 Å². The van der Waals surface area contributed by atoms with E-state index in [1.165, 1.54) is 0 Å². The minimum atomic E-state index is 0.205. The Bertz CT molecular complexity index is 485. The fourth-order valence-corrected chi connectivity index (χ4v) is 3.77. The molecule has 110 valence electrons. The summed E-state index contributed by atoms with van der Waals surface area (Å²) in [5.41, 5.74) is 1.15. The van der Waals surface area contributed by atoms with Gasteiger partial charge in [-0.2, -0.15) is 0 Å². The Balaban J connectivity index is 1.98. The highest BCUT2D eigenvalue weighted by Gasteiger charge is 2.26. The van der Waals surface area contributed by atoms with Gasteiger partial charge in [0.05, 0.1) is 15.6 Å². The molecule has 1 saturated heterocycles. The summed E-state index contributed by atoms with van der Waals surface area (Å²) in [5, 5.41) is 3.42. The Morgan fingerprint density at radius 3 is 2.55 bits per heavy atom. The van der Waals surface area contributed by atoms with Crippen LogP contribution in [0.4, 0.5) is 0 Å². The predicted octanol–water partition coefficient (Wildman–Crippen LogP) is 2.93. The summed E-state index contributed by atoms with van der Waals surface area (Å²) < 4.78 is 7.43. The Hall–Kier alpha value is -0.590. The van der Waals surface area contributed by atoms with Gasteiger partial charge >= 0.3 is 0 Å². The van der Waals surface area contributed by atoms with Crippen molar-refractivity contribution in [2.75, 3.05) is 20.2 Å². The Morgan fingerprint density at radius 2 is 2.05 bits per heavy atom. The van der Waals surface area contributed by atoms with Crippen LogP contribution in [0, 0.1) is 0 Å². The van der Waals surface area contributed by atoms with E-state index in [4.69, 9.17) is 4.74 Å². The van der Waals surface area contributed by atoms with Crippen molar-refractivity contribution in [1.29, 1.82) is 0 Å². The van der Waals surface area contributed by atoms with Gasteiger partial charge in [-0.15, -0.1) is 0 Å². The normalized spacial score (nSPS) is 18.7. The highest BCUT2D eigenvalue weighted by molar-refractivity contribution is 9.11. The smallest absolute Gasteiger partial charge is 0.224 e. The van der Waals surface area contributed by atoms with Crippen molar-refractivity contribution in [3.05, 3.63) is 26.6 Å². The van der Waals surface area contributed by atoms with Gasteiger partial charge in [0, 0.05) is 32.6 Å². The Kier molecular flexibility index (Phi) is 5.46. The van der Waals surface area contributed by atoms with E-state index in [1.54, 1.807) is 4.90 Å². The van der Waals surface area contributed by atoms with Crippen LogP contribution >= 0.6 is 31.9 Å². The number of carbonyl (C=O) groups excluding carboxylic acids is 1. The molecule has 0 saturated carbocycles. The second kappa shape index (κ2) is 6.91. The van der Waals surface area contributed by atoms with Crippen LogP contribution in [0.2, 0.25) is 0 Å². The monoisotopic (exact) mass is 404 g/mol. The molecule has 2 rings (SSSR count). The van der Waals surface area contributed by atoms with Crippen LogP contribution in [0.3, 0.4) is 0 Å². The first-order chi connectivity index (χ1) is 9.51. The molecule has 20 heavy (non-hydrogen) atoms. The molecule has 4 nitrogen and oxygen atoms in total. The van der Waals surface area contributed by atoms with Gasteiger partial charge in [-0.1, -0.05) is 0 Å². The lowest BCUT2D eigenvalue weighted by molar-refractivity contribution is -0.126. The number of nitrogens with zero attached hydrogens (tertiary/aromatic N) is 1. The van der Waals surface area contributed by atoms with Crippen LogP contribution in [-0.4, -0.2) is 37.0 Å². The number of amides is 1. The second-order valence-electron chi connectivity index (χ2n) is 4.88. The van der Waals surface area contributed by atoms with Gasteiger partial charge < -0.3 is 15.0 Å². The zero-order valence-electron chi connectivity index (χ0n) is 11.6. The number of nitrogens with one attached hydrogen (secondary N) is 1. The van der Waals surface area contributed by atoms with Crippen molar-refractivity contribution in [1.82, 2.24) is 10.2 Å². The molecule has 0 aliphatic carbocycles. The lowest BCUT2D eigenvalue weighted by Gasteiger charge is -2.14. The number of hydrogen-bond donors (Lipinski definition) is 1. The van der Waals surface area contributed by atoms with E-state index < -0.39 is 0 Å². The van der Waals surface area contributed by atoms with Gasteiger partial charge in [0.15, 0.2) is 0 Å². The molecule has 1 heterocycles. The molecule has 0 radical (unpaired) electrons. The molecule has 1 aromatic rings. The Labute approximate surface area is 136 Å². The summed E-state index contributed by atoms with van der Waals surface area (Å²) in [6, 6.07) is 4.32. The SMILES string of the molecule is CCOc1c(Br)cc(CNC2CC(=O)N(C)C2)cc1Br. The first-order valence-electron chi connectivity index (χ1n) is 6.59. The largest absolute Gasteiger partial charge is 0.492 e. The molecule has 1 aromatic carbocycles. The molecule has 0 spiro atoms. The van der Waals surface area contributed by atoms with Crippen LogP contribution < -0.4 is 10.1 Å². The zero-order valence-corrected chi connectivity index (χ0v) is 14.8. The lowest BCUT2D eigenvalue weighted by Crippen LogP contribution is -2.31. The third kappa shape index (κ3) is 3.74. The van der Waals surface area contributed by atoms with E-state index >= 15 is 0 Å². The van der Waals surface area contributed by atoms with Crippen molar-refractivity contribution < 1.29 is 9.53 Å². The van der Waals surface area contributed by atoms with E-state index in [0.29, 0.717) is 13.0 Å². The average molecular weight is 406 g/mol. The molecule has 0 aromatic heterocycles. The molecule has 1 aliphatic rings. The first-order valence-corrected chi connectivity index (χ1v) is 8.18. The molecular formula is C14H18Br2N2O2. The maximum atomic E-state index is 11.5. The number of carbonyl (C=O) groups is 1. The van der Waals surface area contributed by atoms with Gasteiger partial charge in [0.2, 0.25) is 5.91 Å². The quantitative estimate of drug-likeness (QED) is 0.818. The van der Waals surface area contributed by atoms with Crippen molar-refractivity contribution in [2.24, 2.45) is 0 Å². The van der Waals surface area contributed by atoms with E-state index in [0.717, 1.165) is 33.3 Å². The minimum Gasteiger partial charge on any atom is -0.492 e. The topological polar surface area (TPSA) is 41.6 Å². The zero-order chi connectivity index (χ0) is 14.7. The number of hydrogen-bond acceptors (Lipinski definition) is 3. The highest BCUT2D eigenvalue weighted by atomic mass is 79.9. The standard InChI is InChI=1S/C14H18Br2N2O2/c1-3-20-14-11(15)4-9(5-12(14)16)7-17-10-6-13(19)18(2)8-10/h4-5,10,17H,3,6-8H2,1-2H3. The Morgan fingerprint density at radius 1 is 1.40 bits per heavy atom. The van der Waals surface area contributed by atoms with E-state index in [1.807, 2.05) is 26.1 Å². The van der Waals surface area contributed by atoms with Gasteiger partial charge in [-0.3, -0.25) is 4.79 Å². The number of likely N-dealkylation sites (tertiary alicyclic amines) is 1. The van der Waals surface area contributed by atoms with E-state index in [2.05, 4.69) is 37.2 Å². The van der Waals surface area contributed by atoms with E-state index in [9.17, 15) is 4.79 Å². The van der Waals surface area contributed by atoms with Gasteiger partial charge in [-0.05, 0) is 56.5 Å². The van der Waals surface area contributed by atoms with Crippen LogP contribution in [0.25, 0.3) is 0 Å². The van der Waals surface area contributed by atoms with Crippen molar-refractivity contribution in [3.8, 4) is 5.75 Å². The number of rotatable bonds is 5. The summed E-state index contributed by atoms with van der Waals surface area (Å²) >= 11 is 7.05. The fraction of sp³-hybridized carbons (Fsp3) is 0.500. The summed E-state index contributed by atoms with van der Waals surface area (Å²) in [6.07, 6.45) is 0.579. The third-order valence-electron chi connectivity index (χ3n) is 3.28. The molecule has 1 unspecified atom stereocenters. The van der Waals surface area contributed by atoms with Crippen molar-refractivity contribution in [2.45, 2.75) is 25.9 Å². The molecule has 1 aliphatic heterocycles. The van der Waals surface area contributed by atoms with Crippen LogP contribution in [0.5, 0.6) is 5.75 Å². The molecule has 1 amide bonds. The maximum absolute atomic E-state index is 11.5. The maximum Gasteiger partial charge on any atom is 0.224 e. The molecule has 1 fully saturated rings. The fourth-order valence-electron chi connectivity index (χ4n) is 2.26. The van der Waals surface area contributed by atoms with Crippen LogP contribution in [0.15, 0.2) is 21.1 Å². The number of ether oxygens (including phenoxy) is 1. The summed E-state index contributed by atoms with van der Waals surface area (Å²) in [5.74, 6) is 1.03. The lowest BCUT2D eigenvalue weighted by atomic mass is 10.2. The van der Waals surface area contributed by atoms with E-state index in [-0.39, 0.29) is 11.9 Å². The average Bonchev–Trinajstić information content (AvgIpc) is 2.71. The number of likely N-dealkylation sites (N-methyl/N-ethyl adjacent to an activating group) is 1. The summed E-state index contributed by atoms with van der Waals surface area (Å²) in [7, 11) is 1.84. The highest BCUT2D eigenvalue weighted by Crippen LogP contribution is 2.34.